The van der Waals surface area contributed by atoms with Crippen LogP contribution in [0, 0.1) is 0 Å². The van der Waals surface area contributed by atoms with Gasteiger partial charge in [-0.2, -0.15) is 4.31 Å². The van der Waals surface area contributed by atoms with Gasteiger partial charge in [-0.25, -0.2) is 13.2 Å². The lowest BCUT2D eigenvalue weighted by atomic mass is 10.0. The zero-order valence-corrected chi connectivity index (χ0v) is 21.8. The standard InChI is InChI=1S/C24H31N3O6S2/c1-4-32-24(29)21-19-11-12-26(2)15-20(19)34-23(21)25-22(28)16-7-9-18(10-8-16)35(30,31)27(3)14-17-6-5-13-33-17/h7-10,17H,4-6,11-15H2,1-3H3,(H,25,28)/t17-/m1/s1. The summed E-state index contributed by atoms with van der Waals surface area (Å²) in [6, 6.07) is 5.81. The fourth-order valence-corrected chi connectivity index (χ4v) is 6.86. The number of nitrogens with one attached hydrogen (secondary N) is 1. The van der Waals surface area contributed by atoms with E-state index in [1.165, 1.54) is 47.0 Å². The SMILES string of the molecule is CCOC(=O)c1c(NC(=O)c2ccc(S(=O)(=O)N(C)C[C@H]3CCCO3)cc2)sc2c1CCN(C)C2. The number of ether oxygens (including phenoxy) is 2. The van der Waals surface area contributed by atoms with Crippen molar-refractivity contribution in [3.05, 3.63) is 45.8 Å². The molecule has 0 aliphatic carbocycles. The van der Waals surface area contributed by atoms with Crippen LogP contribution in [-0.4, -0.2) is 76.0 Å². The first-order valence-corrected chi connectivity index (χ1v) is 14.0. The lowest BCUT2D eigenvalue weighted by Gasteiger charge is -2.22. The number of carbonyl (C=O) groups excluding carboxylic acids is 2. The maximum atomic E-state index is 13.0. The van der Waals surface area contributed by atoms with Crippen LogP contribution in [0.2, 0.25) is 0 Å². The lowest BCUT2D eigenvalue weighted by Crippen LogP contribution is -2.34. The first-order chi connectivity index (χ1) is 16.7. The number of hydrogen-bond acceptors (Lipinski definition) is 8. The van der Waals surface area contributed by atoms with Gasteiger partial charge in [-0.15, -0.1) is 11.3 Å². The highest BCUT2D eigenvalue weighted by Crippen LogP contribution is 2.37. The van der Waals surface area contributed by atoms with Crippen LogP contribution < -0.4 is 5.32 Å². The molecule has 190 valence electrons. The summed E-state index contributed by atoms with van der Waals surface area (Å²) in [6.45, 7) is 4.46. The van der Waals surface area contributed by atoms with E-state index in [0.29, 0.717) is 42.2 Å². The molecule has 1 aromatic heterocycles. The van der Waals surface area contributed by atoms with Crippen LogP contribution in [0.1, 0.15) is 50.9 Å². The smallest absolute Gasteiger partial charge is 0.341 e. The Labute approximate surface area is 210 Å². The number of fused-ring (bicyclic) bond motifs is 1. The number of likely N-dealkylation sites (N-methyl/N-ethyl adjacent to an activating group) is 2. The van der Waals surface area contributed by atoms with Crippen molar-refractivity contribution in [3.8, 4) is 0 Å². The molecular weight excluding hydrogens is 490 g/mol. The molecule has 4 rings (SSSR count). The molecule has 1 fully saturated rings. The molecule has 1 saturated heterocycles. The molecule has 0 saturated carbocycles. The van der Waals surface area contributed by atoms with Gasteiger partial charge < -0.3 is 19.7 Å². The number of benzene rings is 1. The van der Waals surface area contributed by atoms with Gasteiger partial charge >= 0.3 is 5.97 Å². The van der Waals surface area contributed by atoms with Crippen molar-refractivity contribution >= 4 is 38.2 Å². The molecule has 1 aromatic carbocycles. The van der Waals surface area contributed by atoms with Gasteiger partial charge in [0.25, 0.3) is 5.91 Å². The molecule has 11 heteroatoms. The molecule has 0 spiro atoms. The molecule has 1 atom stereocenters. The van der Waals surface area contributed by atoms with E-state index in [1.807, 2.05) is 7.05 Å². The summed E-state index contributed by atoms with van der Waals surface area (Å²) in [6.07, 6.45) is 2.39. The first kappa shape index (κ1) is 25.8. The minimum Gasteiger partial charge on any atom is -0.462 e. The second-order valence-corrected chi connectivity index (χ2v) is 12.0. The number of sulfonamides is 1. The molecule has 0 radical (unpaired) electrons. The molecule has 2 aliphatic heterocycles. The number of rotatable bonds is 8. The van der Waals surface area contributed by atoms with Crippen molar-refractivity contribution in [2.75, 3.05) is 45.7 Å². The predicted molar refractivity (Wildman–Crippen MR) is 133 cm³/mol. The van der Waals surface area contributed by atoms with E-state index in [-0.39, 0.29) is 17.6 Å². The predicted octanol–water partition coefficient (Wildman–Crippen LogP) is 2.96. The fourth-order valence-electron chi connectivity index (χ4n) is 4.35. The molecule has 1 amide bonds. The van der Waals surface area contributed by atoms with E-state index in [0.717, 1.165) is 29.8 Å². The zero-order chi connectivity index (χ0) is 25.2. The molecule has 2 aromatic rings. The van der Waals surface area contributed by atoms with Gasteiger partial charge in [0.2, 0.25) is 10.0 Å². The largest absolute Gasteiger partial charge is 0.462 e. The van der Waals surface area contributed by atoms with Crippen LogP contribution in [0.3, 0.4) is 0 Å². The third-order valence-corrected chi connectivity index (χ3v) is 9.23. The van der Waals surface area contributed by atoms with Crippen molar-refractivity contribution in [1.29, 1.82) is 0 Å². The van der Waals surface area contributed by atoms with Gasteiger partial charge in [-0.1, -0.05) is 0 Å². The first-order valence-electron chi connectivity index (χ1n) is 11.7. The van der Waals surface area contributed by atoms with Crippen LogP contribution in [-0.2, 0) is 32.5 Å². The molecule has 2 aliphatic rings. The Kier molecular flexibility index (Phi) is 7.92. The van der Waals surface area contributed by atoms with Crippen LogP contribution in [0.15, 0.2) is 29.2 Å². The molecule has 1 N–H and O–H groups in total. The number of carbonyl (C=O) groups is 2. The highest BCUT2D eigenvalue weighted by Gasteiger charge is 2.29. The maximum absolute atomic E-state index is 13.0. The Morgan fingerprint density at radius 1 is 1.29 bits per heavy atom. The second-order valence-electron chi connectivity index (χ2n) is 8.82. The summed E-state index contributed by atoms with van der Waals surface area (Å²) < 4.78 is 37.9. The van der Waals surface area contributed by atoms with E-state index in [9.17, 15) is 18.0 Å². The van der Waals surface area contributed by atoms with Gasteiger partial charge in [0.1, 0.15) is 5.00 Å². The van der Waals surface area contributed by atoms with E-state index in [4.69, 9.17) is 9.47 Å². The summed E-state index contributed by atoms with van der Waals surface area (Å²) in [5.41, 5.74) is 1.64. The fraction of sp³-hybridized carbons (Fsp3) is 0.500. The number of anilines is 1. The second kappa shape index (κ2) is 10.8. The molecule has 3 heterocycles. The van der Waals surface area contributed by atoms with Crippen molar-refractivity contribution < 1.29 is 27.5 Å². The topological polar surface area (TPSA) is 105 Å². The van der Waals surface area contributed by atoms with Crippen LogP contribution in [0.25, 0.3) is 0 Å². The number of amides is 1. The van der Waals surface area contributed by atoms with Crippen molar-refractivity contribution in [2.45, 2.75) is 43.7 Å². The van der Waals surface area contributed by atoms with E-state index in [1.54, 1.807) is 6.92 Å². The summed E-state index contributed by atoms with van der Waals surface area (Å²) in [4.78, 5) is 29.0. The third-order valence-electron chi connectivity index (χ3n) is 6.26. The molecular formula is C24H31N3O6S2. The van der Waals surface area contributed by atoms with Gasteiger partial charge in [-0.05, 0) is 63.1 Å². The number of thiophene rings is 1. The van der Waals surface area contributed by atoms with Crippen LogP contribution >= 0.6 is 11.3 Å². The summed E-state index contributed by atoms with van der Waals surface area (Å²) in [7, 11) is -0.157. The van der Waals surface area contributed by atoms with E-state index < -0.39 is 21.9 Å². The highest BCUT2D eigenvalue weighted by atomic mass is 32.2. The Morgan fingerprint density at radius 2 is 2.03 bits per heavy atom. The summed E-state index contributed by atoms with van der Waals surface area (Å²) in [5, 5.41) is 3.31. The Balaban J connectivity index is 1.51. The Hall–Kier alpha value is -2.31. The van der Waals surface area contributed by atoms with Gasteiger partial charge in [-0.3, -0.25) is 4.79 Å². The van der Waals surface area contributed by atoms with E-state index >= 15 is 0 Å². The number of nitrogens with zero attached hydrogens (tertiary/aromatic N) is 2. The van der Waals surface area contributed by atoms with Crippen molar-refractivity contribution in [3.63, 3.8) is 0 Å². The van der Waals surface area contributed by atoms with Crippen molar-refractivity contribution in [2.24, 2.45) is 0 Å². The number of esters is 1. The monoisotopic (exact) mass is 521 g/mol. The molecule has 9 nitrogen and oxygen atoms in total. The van der Waals surface area contributed by atoms with Crippen LogP contribution in [0.5, 0.6) is 0 Å². The number of hydrogen-bond donors (Lipinski definition) is 1. The summed E-state index contributed by atoms with van der Waals surface area (Å²) >= 11 is 1.38. The lowest BCUT2D eigenvalue weighted by molar-refractivity contribution is 0.0526. The van der Waals surface area contributed by atoms with Crippen molar-refractivity contribution in [1.82, 2.24) is 9.21 Å². The third kappa shape index (κ3) is 5.59. The summed E-state index contributed by atoms with van der Waals surface area (Å²) in [5.74, 6) is -0.861. The van der Waals surface area contributed by atoms with E-state index in [2.05, 4.69) is 10.2 Å². The van der Waals surface area contributed by atoms with Gasteiger partial charge in [0.15, 0.2) is 0 Å². The minimum absolute atomic E-state index is 0.0928. The maximum Gasteiger partial charge on any atom is 0.341 e. The average Bonchev–Trinajstić information content (AvgIpc) is 3.46. The molecule has 35 heavy (non-hydrogen) atoms. The quantitative estimate of drug-likeness (QED) is 0.533. The van der Waals surface area contributed by atoms with Crippen LogP contribution in [0.4, 0.5) is 5.00 Å². The zero-order valence-electron chi connectivity index (χ0n) is 20.2. The Morgan fingerprint density at radius 3 is 2.69 bits per heavy atom. The van der Waals surface area contributed by atoms with Gasteiger partial charge in [0, 0.05) is 43.7 Å². The molecule has 0 bridgehead atoms. The highest BCUT2D eigenvalue weighted by molar-refractivity contribution is 7.89. The average molecular weight is 522 g/mol. The van der Waals surface area contributed by atoms with Gasteiger partial charge in [0.05, 0.1) is 23.2 Å². The molecule has 0 unspecified atom stereocenters. The Bertz CT molecular complexity index is 1190. The minimum atomic E-state index is -3.70. The normalized spacial score (nSPS) is 18.5.